The molecule has 0 unspecified atom stereocenters. The molecule has 0 bridgehead atoms. The molecule has 2 rings (SSSR count). The summed E-state index contributed by atoms with van der Waals surface area (Å²) in [5, 5.41) is 6.64. The van der Waals surface area contributed by atoms with Gasteiger partial charge >= 0.3 is 0 Å². The highest BCUT2D eigenvalue weighted by atomic mass is 16.1. The predicted molar refractivity (Wildman–Crippen MR) is 56.1 cm³/mol. The van der Waals surface area contributed by atoms with E-state index in [1.807, 2.05) is 25.2 Å². The Bertz CT molecular complexity index is 464. The highest BCUT2D eigenvalue weighted by Gasteiger charge is 2.05. The third-order valence-electron chi connectivity index (χ3n) is 2.06. The van der Waals surface area contributed by atoms with Crippen molar-refractivity contribution in [3.8, 4) is 11.3 Å². The fraction of sp³-hybridized carbons (Fsp3) is 0.100. The van der Waals surface area contributed by atoms with Gasteiger partial charge in [-0.1, -0.05) is 0 Å². The summed E-state index contributed by atoms with van der Waals surface area (Å²) in [6, 6.07) is 5.59. The average Bonchev–Trinajstić information content (AvgIpc) is 2.61. The van der Waals surface area contributed by atoms with E-state index in [1.54, 1.807) is 17.1 Å². The Morgan fingerprint density at radius 1 is 1.40 bits per heavy atom. The molecule has 0 saturated carbocycles. The third-order valence-corrected chi connectivity index (χ3v) is 2.06. The first-order valence-electron chi connectivity index (χ1n) is 4.46. The number of aromatic nitrogens is 3. The summed E-state index contributed by atoms with van der Waals surface area (Å²) >= 11 is 0. The van der Waals surface area contributed by atoms with Gasteiger partial charge in [-0.2, -0.15) is 5.10 Å². The van der Waals surface area contributed by atoms with E-state index in [9.17, 15) is 4.79 Å². The minimum atomic E-state index is 0.541. The number of pyridine rings is 1. The molecule has 15 heavy (non-hydrogen) atoms. The van der Waals surface area contributed by atoms with E-state index in [1.165, 1.54) is 0 Å². The lowest BCUT2D eigenvalue weighted by Gasteiger charge is -1.99. The zero-order valence-corrected chi connectivity index (χ0v) is 8.21. The Hall–Kier alpha value is -2.17. The molecule has 2 heterocycles. The Morgan fingerprint density at radius 2 is 2.13 bits per heavy atom. The monoisotopic (exact) mass is 202 g/mol. The molecule has 5 nitrogen and oxygen atoms in total. The number of carbonyl (C=O) groups is 1. The third kappa shape index (κ3) is 1.85. The van der Waals surface area contributed by atoms with Crippen molar-refractivity contribution in [2.24, 2.45) is 7.05 Å². The first-order valence-corrected chi connectivity index (χ1v) is 4.46. The Kier molecular flexibility index (Phi) is 2.45. The van der Waals surface area contributed by atoms with E-state index >= 15 is 0 Å². The van der Waals surface area contributed by atoms with Gasteiger partial charge < -0.3 is 5.32 Å². The molecule has 0 aliphatic carbocycles. The zero-order valence-electron chi connectivity index (χ0n) is 8.21. The van der Waals surface area contributed by atoms with Crippen molar-refractivity contribution in [1.82, 2.24) is 14.8 Å². The van der Waals surface area contributed by atoms with Crippen LogP contribution < -0.4 is 5.32 Å². The summed E-state index contributed by atoms with van der Waals surface area (Å²) in [7, 11) is 1.83. The van der Waals surface area contributed by atoms with Crippen LogP contribution in [0.3, 0.4) is 0 Å². The Balaban J connectivity index is 2.40. The first-order chi connectivity index (χ1) is 7.31. The van der Waals surface area contributed by atoms with Gasteiger partial charge in [-0.05, 0) is 12.1 Å². The summed E-state index contributed by atoms with van der Waals surface area (Å²) in [4.78, 5) is 14.2. The van der Waals surface area contributed by atoms with E-state index in [0.29, 0.717) is 12.2 Å². The summed E-state index contributed by atoms with van der Waals surface area (Å²) in [6.07, 6.45) is 4.04. The van der Waals surface area contributed by atoms with Crippen molar-refractivity contribution in [2.75, 3.05) is 5.32 Å². The molecule has 2 aromatic heterocycles. The van der Waals surface area contributed by atoms with Crippen molar-refractivity contribution >= 4 is 12.2 Å². The molecule has 0 atom stereocenters. The molecule has 0 radical (unpaired) electrons. The van der Waals surface area contributed by atoms with Crippen LogP contribution in [0.4, 0.5) is 5.82 Å². The van der Waals surface area contributed by atoms with Crippen LogP contribution in [0.5, 0.6) is 0 Å². The minimum Gasteiger partial charge on any atom is -0.312 e. The lowest BCUT2D eigenvalue weighted by Crippen LogP contribution is -1.97. The van der Waals surface area contributed by atoms with Gasteiger partial charge in [0.1, 0.15) is 0 Å². The van der Waals surface area contributed by atoms with E-state index in [0.717, 1.165) is 11.3 Å². The summed E-state index contributed by atoms with van der Waals surface area (Å²) in [5.74, 6) is 0.541. The Labute approximate surface area is 86.8 Å². The fourth-order valence-corrected chi connectivity index (χ4v) is 1.39. The van der Waals surface area contributed by atoms with Crippen LogP contribution in [0, 0.1) is 0 Å². The maximum atomic E-state index is 10.3. The van der Waals surface area contributed by atoms with E-state index in [-0.39, 0.29) is 0 Å². The maximum Gasteiger partial charge on any atom is 0.212 e. The molecule has 5 heteroatoms. The second-order valence-electron chi connectivity index (χ2n) is 3.04. The summed E-state index contributed by atoms with van der Waals surface area (Å²) in [6.45, 7) is 0. The normalized spacial score (nSPS) is 9.93. The number of carbonyl (C=O) groups excluding carboxylic acids is 1. The molecular formula is C10H10N4O. The molecule has 0 fully saturated rings. The number of hydrogen-bond acceptors (Lipinski definition) is 3. The largest absolute Gasteiger partial charge is 0.312 e. The molecule has 1 N–H and O–H groups in total. The molecule has 2 aromatic rings. The first kappa shape index (κ1) is 9.39. The highest BCUT2D eigenvalue weighted by Crippen LogP contribution is 2.20. The van der Waals surface area contributed by atoms with Gasteiger partial charge in [0.2, 0.25) is 6.41 Å². The van der Waals surface area contributed by atoms with Crippen molar-refractivity contribution in [1.29, 1.82) is 0 Å². The minimum absolute atomic E-state index is 0.541. The molecule has 0 saturated heterocycles. The van der Waals surface area contributed by atoms with Crippen molar-refractivity contribution in [2.45, 2.75) is 0 Å². The number of nitrogens with zero attached hydrogens (tertiary/aromatic N) is 3. The van der Waals surface area contributed by atoms with Crippen LogP contribution in [0.1, 0.15) is 0 Å². The predicted octanol–water partition coefficient (Wildman–Crippen LogP) is 1.05. The SMILES string of the molecule is Cn1nc(NC=O)cc1-c1ccncc1. The van der Waals surface area contributed by atoms with Crippen LogP contribution in [0.25, 0.3) is 11.3 Å². The van der Waals surface area contributed by atoms with E-state index < -0.39 is 0 Å². The van der Waals surface area contributed by atoms with E-state index in [2.05, 4.69) is 15.4 Å². The standard InChI is InChI=1S/C10H10N4O/c1-14-9(6-10(13-14)12-7-15)8-2-4-11-5-3-8/h2-7H,1H3,(H,12,13,15). The van der Waals surface area contributed by atoms with Gasteiger partial charge in [0.05, 0.1) is 5.69 Å². The second-order valence-corrected chi connectivity index (χ2v) is 3.04. The lowest BCUT2D eigenvalue weighted by atomic mass is 10.2. The zero-order chi connectivity index (χ0) is 10.7. The van der Waals surface area contributed by atoms with Crippen LogP contribution in [-0.2, 0) is 11.8 Å². The molecular weight excluding hydrogens is 192 g/mol. The number of rotatable bonds is 3. The van der Waals surface area contributed by atoms with Gasteiger partial charge in [-0.25, -0.2) is 0 Å². The van der Waals surface area contributed by atoms with Gasteiger partial charge in [-0.3, -0.25) is 14.5 Å². The van der Waals surface area contributed by atoms with E-state index in [4.69, 9.17) is 0 Å². The van der Waals surface area contributed by atoms with Gasteiger partial charge in [0.25, 0.3) is 0 Å². The van der Waals surface area contributed by atoms with Crippen LogP contribution >= 0.6 is 0 Å². The molecule has 0 aliphatic rings. The summed E-state index contributed by atoms with van der Waals surface area (Å²) < 4.78 is 1.71. The Morgan fingerprint density at radius 3 is 2.80 bits per heavy atom. The van der Waals surface area contributed by atoms with Gasteiger partial charge in [0.15, 0.2) is 5.82 Å². The molecule has 76 valence electrons. The fourth-order valence-electron chi connectivity index (χ4n) is 1.39. The number of amides is 1. The number of nitrogens with one attached hydrogen (secondary N) is 1. The van der Waals surface area contributed by atoms with Crippen molar-refractivity contribution < 1.29 is 4.79 Å². The van der Waals surface area contributed by atoms with Crippen molar-refractivity contribution in [3.05, 3.63) is 30.6 Å². The van der Waals surface area contributed by atoms with Gasteiger partial charge in [-0.15, -0.1) is 0 Å². The van der Waals surface area contributed by atoms with Crippen LogP contribution in [0.15, 0.2) is 30.6 Å². The number of hydrogen-bond donors (Lipinski definition) is 1. The van der Waals surface area contributed by atoms with Crippen LogP contribution in [-0.4, -0.2) is 21.2 Å². The molecule has 0 spiro atoms. The van der Waals surface area contributed by atoms with Crippen molar-refractivity contribution in [3.63, 3.8) is 0 Å². The number of anilines is 1. The van der Waals surface area contributed by atoms with Gasteiger partial charge in [0, 0.05) is 31.1 Å². The number of aryl methyl sites for hydroxylation is 1. The molecule has 0 aromatic carbocycles. The topological polar surface area (TPSA) is 59.8 Å². The summed E-state index contributed by atoms with van der Waals surface area (Å²) in [5.41, 5.74) is 1.95. The lowest BCUT2D eigenvalue weighted by molar-refractivity contribution is -0.105. The highest BCUT2D eigenvalue weighted by molar-refractivity contribution is 5.72. The quantitative estimate of drug-likeness (QED) is 0.757. The van der Waals surface area contributed by atoms with Crippen LogP contribution in [0.2, 0.25) is 0 Å². The second kappa shape index (κ2) is 3.91. The molecule has 1 amide bonds. The average molecular weight is 202 g/mol. The smallest absolute Gasteiger partial charge is 0.212 e. The molecule has 0 aliphatic heterocycles. The maximum absolute atomic E-state index is 10.3.